The molecule has 1 aromatic heterocycles. The van der Waals surface area contributed by atoms with E-state index in [0.717, 1.165) is 9.35 Å². The molecule has 0 aliphatic heterocycles. The highest BCUT2D eigenvalue weighted by Crippen LogP contribution is 2.28. The third-order valence-corrected chi connectivity index (χ3v) is 4.87. The maximum atomic E-state index is 12.5. The zero-order chi connectivity index (χ0) is 15.3. The number of nitrogens with zero attached hydrogens (tertiary/aromatic N) is 2. The van der Waals surface area contributed by atoms with Crippen LogP contribution in [0.2, 0.25) is 0 Å². The molecule has 0 atom stereocenters. The van der Waals surface area contributed by atoms with E-state index in [9.17, 15) is 9.59 Å². The largest absolute Gasteiger partial charge is 0.383 e. The zero-order valence-electron chi connectivity index (χ0n) is 12.1. The number of carbonyl (C=O) groups is 2. The van der Waals surface area contributed by atoms with Crippen LogP contribution in [0.4, 0.5) is 0 Å². The van der Waals surface area contributed by atoms with E-state index in [1.807, 2.05) is 13.0 Å². The van der Waals surface area contributed by atoms with Gasteiger partial charge in [-0.25, -0.2) is 0 Å². The lowest BCUT2D eigenvalue weighted by Gasteiger charge is -2.23. The molecule has 0 fully saturated rings. The van der Waals surface area contributed by atoms with Crippen molar-refractivity contribution in [3.63, 3.8) is 0 Å². The van der Waals surface area contributed by atoms with Crippen molar-refractivity contribution in [3.8, 4) is 0 Å². The molecule has 0 aliphatic carbocycles. The SMILES string of the molecule is COCCN(CC(=O)N(C)C)C(=O)c1cc(C)c(Br)s1. The van der Waals surface area contributed by atoms with Gasteiger partial charge in [0.15, 0.2) is 0 Å². The van der Waals surface area contributed by atoms with Crippen molar-refractivity contribution in [2.45, 2.75) is 6.92 Å². The summed E-state index contributed by atoms with van der Waals surface area (Å²) in [5.74, 6) is -0.252. The first-order valence-electron chi connectivity index (χ1n) is 6.11. The molecular formula is C13H19BrN2O3S. The van der Waals surface area contributed by atoms with Gasteiger partial charge in [-0.15, -0.1) is 11.3 Å². The van der Waals surface area contributed by atoms with Gasteiger partial charge in [0.1, 0.15) is 6.54 Å². The lowest BCUT2D eigenvalue weighted by molar-refractivity contribution is -0.129. The molecule has 1 heterocycles. The third kappa shape index (κ3) is 4.57. The maximum Gasteiger partial charge on any atom is 0.264 e. The molecule has 0 saturated heterocycles. The van der Waals surface area contributed by atoms with Gasteiger partial charge in [-0.2, -0.15) is 0 Å². The second-order valence-electron chi connectivity index (χ2n) is 4.58. The van der Waals surface area contributed by atoms with Crippen molar-refractivity contribution in [2.24, 2.45) is 0 Å². The maximum absolute atomic E-state index is 12.5. The molecule has 0 N–H and O–H groups in total. The number of amides is 2. The van der Waals surface area contributed by atoms with Crippen molar-refractivity contribution in [1.29, 1.82) is 0 Å². The molecule has 112 valence electrons. The molecule has 0 radical (unpaired) electrons. The highest BCUT2D eigenvalue weighted by atomic mass is 79.9. The molecule has 5 nitrogen and oxygen atoms in total. The van der Waals surface area contributed by atoms with Crippen molar-refractivity contribution in [2.75, 3.05) is 40.9 Å². The summed E-state index contributed by atoms with van der Waals surface area (Å²) in [7, 11) is 4.92. The third-order valence-electron chi connectivity index (χ3n) is 2.75. The Morgan fingerprint density at radius 3 is 2.50 bits per heavy atom. The molecule has 1 aromatic rings. The number of carbonyl (C=O) groups excluding carboxylic acids is 2. The second kappa shape index (κ2) is 7.75. The molecule has 1 rings (SSSR count). The Balaban J connectivity index is 2.86. The van der Waals surface area contributed by atoms with Crippen LogP contribution in [0.5, 0.6) is 0 Å². The van der Waals surface area contributed by atoms with Crippen LogP contribution >= 0.6 is 27.3 Å². The molecule has 0 bridgehead atoms. The molecule has 7 heteroatoms. The van der Waals surface area contributed by atoms with Gasteiger partial charge in [0.05, 0.1) is 15.3 Å². The summed E-state index contributed by atoms with van der Waals surface area (Å²) in [6.07, 6.45) is 0. The summed E-state index contributed by atoms with van der Waals surface area (Å²) in [5, 5.41) is 0. The predicted octanol–water partition coefficient (Wildman–Crippen LogP) is 2.00. The molecule has 0 aromatic carbocycles. The van der Waals surface area contributed by atoms with E-state index in [1.54, 1.807) is 21.2 Å². The molecule has 0 unspecified atom stereocenters. The number of hydrogen-bond acceptors (Lipinski definition) is 4. The first kappa shape index (κ1) is 17.1. The summed E-state index contributed by atoms with van der Waals surface area (Å²) in [6, 6.07) is 1.83. The summed E-state index contributed by atoms with van der Waals surface area (Å²) in [6.45, 7) is 2.78. The summed E-state index contributed by atoms with van der Waals surface area (Å²) in [5.41, 5.74) is 1.02. The van der Waals surface area contributed by atoms with Gasteiger partial charge in [-0.3, -0.25) is 9.59 Å². The average Bonchev–Trinajstić information content (AvgIpc) is 2.73. The number of rotatable bonds is 6. The lowest BCUT2D eigenvalue weighted by atomic mass is 10.3. The molecule has 0 saturated carbocycles. The quantitative estimate of drug-likeness (QED) is 0.777. The van der Waals surface area contributed by atoms with E-state index >= 15 is 0 Å². The standard InChI is InChI=1S/C13H19BrN2O3S/c1-9-7-10(20-12(9)14)13(18)16(5-6-19-4)8-11(17)15(2)3/h7H,5-6,8H2,1-4H3. The van der Waals surface area contributed by atoms with Crippen LogP contribution in [-0.2, 0) is 9.53 Å². The van der Waals surface area contributed by atoms with Gasteiger partial charge in [-0.1, -0.05) is 0 Å². The second-order valence-corrected chi connectivity index (χ2v) is 6.95. The van der Waals surface area contributed by atoms with Crippen LogP contribution in [-0.4, -0.2) is 62.5 Å². The van der Waals surface area contributed by atoms with Gasteiger partial charge < -0.3 is 14.5 Å². The Morgan fingerprint density at radius 2 is 2.05 bits per heavy atom. The van der Waals surface area contributed by atoms with E-state index in [1.165, 1.54) is 21.1 Å². The number of methoxy groups -OCH3 is 1. The Labute approximate surface area is 131 Å². The van der Waals surface area contributed by atoms with Gasteiger partial charge >= 0.3 is 0 Å². The van der Waals surface area contributed by atoms with Gasteiger partial charge in [0.2, 0.25) is 5.91 Å². The molecule has 0 spiro atoms. The number of ether oxygens (including phenoxy) is 1. The van der Waals surface area contributed by atoms with Gasteiger partial charge in [0, 0.05) is 27.7 Å². The fraction of sp³-hybridized carbons (Fsp3) is 0.538. The Morgan fingerprint density at radius 1 is 1.40 bits per heavy atom. The van der Waals surface area contributed by atoms with Crippen LogP contribution in [0, 0.1) is 6.92 Å². The zero-order valence-corrected chi connectivity index (χ0v) is 14.5. The molecule has 20 heavy (non-hydrogen) atoms. The van der Waals surface area contributed by atoms with E-state index < -0.39 is 0 Å². The number of aryl methyl sites for hydroxylation is 1. The van der Waals surface area contributed by atoms with Crippen molar-refractivity contribution in [3.05, 3.63) is 20.3 Å². The summed E-state index contributed by atoms with van der Waals surface area (Å²) in [4.78, 5) is 27.9. The van der Waals surface area contributed by atoms with Crippen molar-refractivity contribution < 1.29 is 14.3 Å². The lowest BCUT2D eigenvalue weighted by Crippen LogP contribution is -2.41. The van der Waals surface area contributed by atoms with Crippen LogP contribution in [0.15, 0.2) is 9.85 Å². The summed E-state index contributed by atoms with van der Waals surface area (Å²) < 4.78 is 5.94. The van der Waals surface area contributed by atoms with Gasteiger partial charge in [-0.05, 0) is 34.5 Å². The average molecular weight is 363 g/mol. The first-order valence-corrected chi connectivity index (χ1v) is 7.72. The minimum Gasteiger partial charge on any atom is -0.383 e. The van der Waals surface area contributed by atoms with E-state index in [-0.39, 0.29) is 18.4 Å². The highest BCUT2D eigenvalue weighted by molar-refractivity contribution is 9.11. The fourth-order valence-corrected chi connectivity index (χ4v) is 2.98. The number of hydrogen-bond donors (Lipinski definition) is 0. The minimum absolute atomic E-state index is 0.0593. The van der Waals surface area contributed by atoms with Crippen molar-refractivity contribution >= 4 is 39.1 Å². The minimum atomic E-state index is -0.143. The topological polar surface area (TPSA) is 49.9 Å². The summed E-state index contributed by atoms with van der Waals surface area (Å²) >= 11 is 4.79. The normalized spacial score (nSPS) is 10.4. The van der Waals surface area contributed by atoms with Crippen molar-refractivity contribution in [1.82, 2.24) is 9.80 Å². The predicted molar refractivity (Wildman–Crippen MR) is 83.2 cm³/mol. The number of likely N-dealkylation sites (N-methyl/N-ethyl adjacent to an activating group) is 1. The Bertz CT molecular complexity index is 468. The van der Waals surface area contributed by atoms with Crippen LogP contribution < -0.4 is 0 Å². The number of halogens is 1. The van der Waals surface area contributed by atoms with Gasteiger partial charge in [0.25, 0.3) is 5.91 Å². The fourth-order valence-electron chi connectivity index (χ4n) is 1.48. The monoisotopic (exact) mass is 362 g/mol. The molecular weight excluding hydrogens is 344 g/mol. The van der Waals surface area contributed by atoms with E-state index in [0.29, 0.717) is 18.0 Å². The highest BCUT2D eigenvalue weighted by Gasteiger charge is 2.21. The molecule has 2 amide bonds. The first-order chi connectivity index (χ1) is 9.36. The van der Waals surface area contributed by atoms with Crippen LogP contribution in [0.25, 0.3) is 0 Å². The van der Waals surface area contributed by atoms with E-state index in [2.05, 4.69) is 15.9 Å². The Hall–Kier alpha value is -0.920. The van der Waals surface area contributed by atoms with Crippen LogP contribution in [0.3, 0.4) is 0 Å². The molecule has 0 aliphatic rings. The number of thiophene rings is 1. The smallest absolute Gasteiger partial charge is 0.264 e. The van der Waals surface area contributed by atoms with E-state index in [4.69, 9.17) is 4.74 Å². The van der Waals surface area contributed by atoms with Crippen LogP contribution in [0.1, 0.15) is 15.2 Å². The Kier molecular flexibility index (Phi) is 6.64.